The molecule has 0 aliphatic rings. The smallest absolute Gasteiger partial charge is 0.0572 e. The zero-order valence-electron chi connectivity index (χ0n) is 9.81. The van der Waals surface area contributed by atoms with Crippen LogP contribution >= 0.6 is 0 Å². The fourth-order valence-corrected chi connectivity index (χ4v) is 1.36. The standard InChI is InChI=1S/C12H26O/c1-5-7-8-9-12(6-2)13-10-11(3)4/h11-12H,5-10H2,1-4H3. The van der Waals surface area contributed by atoms with Gasteiger partial charge in [0.05, 0.1) is 6.10 Å². The van der Waals surface area contributed by atoms with Gasteiger partial charge in [0.2, 0.25) is 0 Å². The predicted molar refractivity (Wildman–Crippen MR) is 59.0 cm³/mol. The Morgan fingerprint density at radius 3 is 2.23 bits per heavy atom. The molecule has 0 bridgehead atoms. The minimum absolute atomic E-state index is 0.508. The lowest BCUT2D eigenvalue weighted by Gasteiger charge is -2.17. The van der Waals surface area contributed by atoms with Crippen molar-refractivity contribution in [2.24, 2.45) is 5.92 Å². The van der Waals surface area contributed by atoms with Gasteiger partial charge in [-0.1, -0.05) is 47.0 Å². The third-order valence-electron chi connectivity index (χ3n) is 2.25. The lowest BCUT2D eigenvalue weighted by atomic mass is 10.1. The van der Waals surface area contributed by atoms with E-state index in [0.717, 1.165) is 13.0 Å². The van der Waals surface area contributed by atoms with Gasteiger partial charge in [0, 0.05) is 6.61 Å². The van der Waals surface area contributed by atoms with Crippen molar-refractivity contribution in [3.05, 3.63) is 0 Å². The summed E-state index contributed by atoms with van der Waals surface area (Å²) in [5.41, 5.74) is 0. The van der Waals surface area contributed by atoms with Crippen molar-refractivity contribution in [1.82, 2.24) is 0 Å². The number of hydrogen-bond acceptors (Lipinski definition) is 1. The zero-order chi connectivity index (χ0) is 10.1. The Balaban J connectivity index is 3.39. The molecule has 0 aliphatic carbocycles. The third-order valence-corrected chi connectivity index (χ3v) is 2.25. The second-order valence-corrected chi connectivity index (χ2v) is 4.25. The summed E-state index contributed by atoms with van der Waals surface area (Å²) < 4.78 is 5.80. The summed E-state index contributed by atoms with van der Waals surface area (Å²) in [7, 11) is 0. The highest BCUT2D eigenvalue weighted by Crippen LogP contribution is 2.11. The number of rotatable bonds is 8. The minimum atomic E-state index is 0.508. The molecule has 0 saturated carbocycles. The van der Waals surface area contributed by atoms with Crippen LogP contribution in [0, 0.1) is 5.92 Å². The fourth-order valence-electron chi connectivity index (χ4n) is 1.36. The van der Waals surface area contributed by atoms with Gasteiger partial charge in [0.1, 0.15) is 0 Å². The lowest BCUT2D eigenvalue weighted by Crippen LogP contribution is -2.15. The molecule has 0 aliphatic heterocycles. The maximum atomic E-state index is 5.80. The molecule has 0 spiro atoms. The first-order chi connectivity index (χ1) is 6.20. The third kappa shape index (κ3) is 8.29. The van der Waals surface area contributed by atoms with E-state index in [-0.39, 0.29) is 0 Å². The van der Waals surface area contributed by atoms with E-state index in [1.807, 2.05) is 0 Å². The van der Waals surface area contributed by atoms with Crippen molar-refractivity contribution in [2.75, 3.05) is 6.61 Å². The predicted octanol–water partition coefficient (Wildman–Crippen LogP) is 4.02. The molecule has 0 aromatic heterocycles. The molecule has 0 amide bonds. The van der Waals surface area contributed by atoms with Crippen molar-refractivity contribution in [2.45, 2.75) is 65.9 Å². The van der Waals surface area contributed by atoms with Crippen LogP contribution in [0.4, 0.5) is 0 Å². The molecule has 1 unspecified atom stereocenters. The van der Waals surface area contributed by atoms with Crippen molar-refractivity contribution < 1.29 is 4.74 Å². The van der Waals surface area contributed by atoms with Gasteiger partial charge in [-0.3, -0.25) is 0 Å². The average molecular weight is 186 g/mol. The van der Waals surface area contributed by atoms with Crippen molar-refractivity contribution in [3.63, 3.8) is 0 Å². The second-order valence-electron chi connectivity index (χ2n) is 4.25. The van der Waals surface area contributed by atoms with Crippen molar-refractivity contribution in [3.8, 4) is 0 Å². The van der Waals surface area contributed by atoms with Crippen LogP contribution in [0.5, 0.6) is 0 Å². The molecule has 0 radical (unpaired) electrons. The quantitative estimate of drug-likeness (QED) is 0.520. The molecule has 1 heteroatoms. The molecule has 0 rings (SSSR count). The molecule has 13 heavy (non-hydrogen) atoms. The average Bonchev–Trinajstić information content (AvgIpc) is 2.10. The summed E-state index contributed by atoms with van der Waals surface area (Å²) >= 11 is 0. The number of hydrogen-bond donors (Lipinski definition) is 0. The van der Waals surface area contributed by atoms with Crippen LogP contribution in [-0.4, -0.2) is 12.7 Å². The van der Waals surface area contributed by atoms with Gasteiger partial charge in [-0.2, -0.15) is 0 Å². The Labute approximate surface area is 83.9 Å². The van der Waals surface area contributed by atoms with Crippen LogP contribution in [0.25, 0.3) is 0 Å². The first-order valence-corrected chi connectivity index (χ1v) is 5.82. The van der Waals surface area contributed by atoms with Gasteiger partial charge in [0.25, 0.3) is 0 Å². The lowest BCUT2D eigenvalue weighted by molar-refractivity contribution is 0.0270. The Bertz CT molecular complexity index is 99.3. The van der Waals surface area contributed by atoms with Gasteiger partial charge >= 0.3 is 0 Å². The van der Waals surface area contributed by atoms with Gasteiger partial charge in [-0.15, -0.1) is 0 Å². The van der Waals surface area contributed by atoms with E-state index in [2.05, 4.69) is 27.7 Å². The Hall–Kier alpha value is -0.0400. The number of ether oxygens (including phenoxy) is 1. The van der Waals surface area contributed by atoms with E-state index in [9.17, 15) is 0 Å². The molecule has 80 valence electrons. The Kier molecular flexibility index (Phi) is 8.53. The monoisotopic (exact) mass is 186 g/mol. The van der Waals surface area contributed by atoms with Crippen LogP contribution < -0.4 is 0 Å². The van der Waals surface area contributed by atoms with Crippen LogP contribution in [0.1, 0.15) is 59.8 Å². The summed E-state index contributed by atoms with van der Waals surface area (Å²) in [5.74, 6) is 0.667. The maximum Gasteiger partial charge on any atom is 0.0572 e. The molecule has 1 atom stereocenters. The largest absolute Gasteiger partial charge is 0.378 e. The van der Waals surface area contributed by atoms with Crippen molar-refractivity contribution in [1.29, 1.82) is 0 Å². The van der Waals surface area contributed by atoms with E-state index < -0.39 is 0 Å². The van der Waals surface area contributed by atoms with Gasteiger partial charge in [0.15, 0.2) is 0 Å². The van der Waals surface area contributed by atoms with E-state index in [0.29, 0.717) is 12.0 Å². The van der Waals surface area contributed by atoms with E-state index in [4.69, 9.17) is 4.74 Å². The summed E-state index contributed by atoms with van der Waals surface area (Å²) in [6.07, 6.45) is 6.90. The highest BCUT2D eigenvalue weighted by molar-refractivity contribution is 4.56. The van der Waals surface area contributed by atoms with Crippen molar-refractivity contribution >= 4 is 0 Å². The highest BCUT2D eigenvalue weighted by Gasteiger charge is 2.06. The van der Waals surface area contributed by atoms with Crippen LogP contribution in [0.3, 0.4) is 0 Å². The highest BCUT2D eigenvalue weighted by atomic mass is 16.5. The van der Waals surface area contributed by atoms with Crippen LogP contribution in [0.2, 0.25) is 0 Å². The molecular formula is C12H26O. The summed E-state index contributed by atoms with van der Waals surface area (Å²) in [5, 5.41) is 0. The van der Waals surface area contributed by atoms with E-state index in [1.54, 1.807) is 0 Å². The van der Waals surface area contributed by atoms with Gasteiger partial charge < -0.3 is 4.74 Å². The Morgan fingerprint density at radius 1 is 1.08 bits per heavy atom. The first kappa shape index (κ1) is 13.0. The maximum absolute atomic E-state index is 5.80. The number of unbranched alkanes of at least 4 members (excludes halogenated alkanes) is 2. The molecule has 0 saturated heterocycles. The summed E-state index contributed by atoms with van der Waals surface area (Å²) in [6, 6.07) is 0. The topological polar surface area (TPSA) is 9.23 Å². The Morgan fingerprint density at radius 2 is 1.77 bits per heavy atom. The van der Waals surface area contributed by atoms with Crippen LogP contribution in [0.15, 0.2) is 0 Å². The molecule has 1 nitrogen and oxygen atoms in total. The molecule has 0 N–H and O–H groups in total. The molecule has 0 fully saturated rings. The first-order valence-electron chi connectivity index (χ1n) is 5.82. The summed E-state index contributed by atoms with van der Waals surface area (Å²) in [6.45, 7) is 9.80. The zero-order valence-corrected chi connectivity index (χ0v) is 9.81. The van der Waals surface area contributed by atoms with Gasteiger partial charge in [-0.05, 0) is 18.8 Å². The molecular weight excluding hydrogens is 160 g/mol. The van der Waals surface area contributed by atoms with E-state index in [1.165, 1.54) is 25.7 Å². The fraction of sp³-hybridized carbons (Fsp3) is 1.00. The molecule has 0 aromatic rings. The van der Waals surface area contributed by atoms with E-state index >= 15 is 0 Å². The van der Waals surface area contributed by atoms with Gasteiger partial charge in [-0.25, -0.2) is 0 Å². The molecule has 0 aromatic carbocycles. The minimum Gasteiger partial charge on any atom is -0.378 e. The normalized spacial score (nSPS) is 13.6. The summed E-state index contributed by atoms with van der Waals surface area (Å²) in [4.78, 5) is 0. The SMILES string of the molecule is CCCCCC(CC)OCC(C)C. The molecule has 0 heterocycles. The van der Waals surface area contributed by atoms with Crippen LogP contribution in [-0.2, 0) is 4.74 Å². The second kappa shape index (κ2) is 8.55.